The first-order valence-corrected chi connectivity index (χ1v) is 7.63. The van der Waals surface area contributed by atoms with Gasteiger partial charge in [0, 0.05) is 12.1 Å². The Bertz CT molecular complexity index is 657. The summed E-state index contributed by atoms with van der Waals surface area (Å²) in [5.74, 6) is -1.93. The minimum Gasteiger partial charge on any atom is -0.481 e. The summed E-state index contributed by atoms with van der Waals surface area (Å²) in [6.45, 7) is 0. The van der Waals surface area contributed by atoms with E-state index in [9.17, 15) is 23.3 Å². The van der Waals surface area contributed by atoms with Crippen molar-refractivity contribution in [1.29, 1.82) is 0 Å². The van der Waals surface area contributed by atoms with Gasteiger partial charge in [0.05, 0.1) is 5.92 Å². The quantitative estimate of drug-likeness (QED) is 0.596. The zero-order chi connectivity index (χ0) is 15.6. The van der Waals surface area contributed by atoms with E-state index in [2.05, 4.69) is 9.71 Å². The molecule has 0 aliphatic heterocycles. The van der Waals surface area contributed by atoms with Crippen molar-refractivity contribution in [3.63, 3.8) is 0 Å². The molecule has 1 aliphatic rings. The van der Waals surface area contributed by atoms with Gasteiger partial charge in [-0.3, -0.25) is 4.79 Å². The van der Waals surface area contributed by atoms with Crippen LogP contribution in [0.3, 0.4) is 0 Å². The van der Waals surface area contributed by atoms with Crippen molar-refractivity contribution in [3.05, 3.63) is 28.4 Å². The van der Waals surface area contributed by atoms with Gasteiger partial charge in [-0.15, -0.1) is 0 Å². The predicted octanol–water partition coefficient (Wildman–Crippen LogP) is 0.521. The largest absolute Gasteiger partial charge is 0.481 e. The Morgan fingerprint density at radius 2 is 2.14 bits per heavy atom. The molecule has 2 unspecified atom stereocenters. The van der Waals surface area contributed by atoms with E-state index in [1.165, 1.54) is 0 Å². The highest BCUT2D eigenvalue weighted by Crippen LogP contribution is 2.27. The molecule has 0 bridgehead atoms. The summed E-state index contributed by atoms with van der Waals surface area (Å²) in [6.07, 6.45) is 2.00. The van der Waals surface area contributed by atoms with E-state index in [1.807, 2.05) is 0 Å². The molecule has 1 saturated carbocycles. The molecule has 1 aliphatic carbocycles. The number of pyridine rings is 1. The van der Waals surface area contributed by atoms with Crippen molar-refractivity contribution in [2.24, 2.45) is 5.92 Å². The minimum atomic E-state index is -3.86. The number of nitrogens with one attached hydrogen (secondary N) is 1. The van der Waals surface area contributed by atoms with Crippen molar-refractivity contribution in [2.75, 3.05) is 0 Å². The third kappa shape index (κ3) is 3.52. The molecule has 10 heteroatoms. The number of hydrogen-bond donors (Lipinski definition) is 2. The van der Waals surface area contributed by atoms with Gasteiger partial charge in [0.25, 0.3) is 0 Å². The Morgan fingerprint density at radius 1 is 1.43 bits per heavy atom. The van der Waals surface area contributed by atoms with Gasteiger partial charge < -0.3 is 15.2 Å². The SMILES string of the molecule is O=C(O)C1CCC(NS(=O)(=O)c2ccc([N+](=O)[O-])nc2)C1. The second-order valence-electron chi connectivity index (χ2n) is 4.78. The van der Waals surface area contributed by atoms with Crippen LogP contribution in [0.1, 0.15) is 19.3 Å². The topological polar surface area (TPSA) is 140 Å². The monoisotopic (exact) mass is 315 g/mol. The fourth-order valence-electron chi connectivity index (χ4n) is 2.24. The lowest BCUT2D eigenvalue weighted by atomic mass is 10.1. The van der Waals surface area contributed by atoms with Crippen LogP contribution in [0.5, 0.6) is 0 Å². The zero-order valence-corrected chi connectivity index (χ0v) is 11.6. The lowest BCUT2D eigenvalue weighted by molar-refractivity contribution is -0.389. The Morgan fingerprint density at radius 3 is 2.62 bits per heavy atom. The molecule has 0 spiro atoms. The van der Waals surface area contributed by atoms with Crippen LogP contribution >= 0.6 is 0 Å². The molecule has 114 valence electrons. The van der Waals surface area contributed by atoms with Crippen molar-refractivity contribution < 1.29 is 23.2 Å². The number of carboxylic acid groups (broad SMARTS) is 1. The van der Waals surface area contributed by atoms with Gasteiger partial charge in [-0.1, -0.05) is 0 Å². The van der Waals surface area contributed by atoms with Crippen LogP contribution < -0.4 is 4.72 Å². The minimum absolute atomic E-state index is 0.188. The van der Waals surface area contributed by atoms with E-state index in [1.54, 1.807) is 0 Å². The zero-order valence-electron chi connectivity index (χ0n) is 10.8. The van der Waals surface area contributed by atoms with Gasteiger partial charge in [0.1, 0.15) is 4.90 Å². The number of rotatable bonds is 5. The van der Waals surface area contributed by atoms with Crippen molar-refractivity contribution >= 4 is 21.8 Å². The maximum absolute atomic E-state index is 12.1. The van der Waals surface area contributed by atoms with E-state index in [0.29, 0.717) is 12.8 Å². The first-order chi connectivity index (χ1) is 9.79. The van der Waals surface area contributed by atoms with Crippen LogP contribution in [0.15, 0.2) is 23.2 Å². The van der Waals surface area contributed by atoms with Crippen molar-refractivity contribution in [3.8, 4) is 0 Å². The van der Waals surface area contributed by atoms with Gasteiger partial charge >= 0.3 is 11.8 Å². The van der Waals surface area contributed by atoms with Crippen LogP contribution in [-0.4, -0.2) is 35.4 Å². The highest BCUT2D eigenvalue weighted by atomic mass is 32.2. The summed E-state index contributed by atoms with van der Waals surface area (Å²) in [4.78, 5) is 23.8. The summed E-state index contributed by atoms with van der Waals surface area (Å²) in [5.41, 5.74) is 0. The molecule has 1 aromatic rings. The average Bonchev–Trinajstić information content (AvgIpc) is 2.87. The molecule has 0 radical (unpaired) electrons. The van der Waals surface area contributed by atoms with E-state index in [0.717, 1.165) is 18.3 Å². The first kappa shape index (κ1) is 15.3. The Kier molecular flexibility index (Phi) is 4.19. The standard InChI is InChI=1S/C11H13N3O6S/c15-11(16)7-1-2-8(5-7)13-21(19,20)9-3-4-10(12-6-9)14(17)18/h3-4,6-8,13H,1-2,5H2,(H,15,16). The summed E-state index contributed by atoms with van der Waals surface area (Å²) in [5, 5.41) is 19.3. The van der Waals surface area contributed by atoms with E-state index < -0.39 is 38.7 Å². The van der Waals surface area contributed by atoms with Gasteiger partial charge in [0.2, 0.25) is 10.0 Å². The number of aliphatic carboxylic acids is 1. The highest BCUT2D eigenvalue weighted by Gasteiger charge is 2.32. The summed E-state index contributed by atoms with van der Waals surface area (Å²) in [7, 11) is -3.86. The molecule has 0 aromatic carbocycles. The highest BCUT2D eigenvalue weighted by molar-refractivity contribution is 7.89. The predicted molar refractivity (Wildman–Crippen MR) is 70.0 cm³/mol. The van der Waals surface area contributed by atoms with Crippen molar-refractivity contribution in [1.82, 2.24) is 9.71 Å². The molecule has 1 heterocycles. The second-order valence-corrected chi connectivity index (χ2v) is 6.49. The van der Waals surface area contributed by atoms with Gasteiger partial charge in [-0.05, 0) is 35.2 Å². The molecule has 1 fully saturated rings. The maximum Gasteiger partial charge on any atom is 0.363 e. The Balaban J connectivity index is 2.08. The molecule has 9 nitrogen and oxygen atoms in total. The van der Waals surface area contributed by atoms with Crippen LogP contribution in [0.25, 0.3) is 0 Å². The molecule has 21 heavy (non-hydrogen) atoms. The van der Waals surface area contributed by atoms with Crippen LogP contribution in [0, 0.1) is 16.0 Å². The third-order valence-corrected chi connectivity index (χ3v) is 4.83. The van der Waals surface area contributed by atoms with Crippen LogP contribution in [-0.2, 0) is 14.8 Å². The fraction of sp³-hybridized carbons (Fsp3) is 0.455. The normalized spacial score (nSPS) is 22.1. The van der Waals surface area contributed by atoms with Crippen molar-refractivity contribution in [2.45, 2.75) is 30.2 Å². The van der Waals surface area contributed by atoms with Gasteiger partial charge in [-0.2, -0.15) is 0 Å². The summed E-state index contributed by atoms with van der Waals surface area (Å²) < 4.78 is 26.6. The molecule has 2 atom stereocenters. The summed E-state index contributed by atoms with van der Waals surface area (Å²) >= 11 is 0. The number of carboxylic acids is 1. The van der Waals surface area contributed by atoms with Crippen LogP contribution in [0.4, 0.5) is 5.82 Å². The molecule has 0 amide bonds. The first-order valence-electron chi connectivity index (χ1n) is 6.15. The van der Waals surface area contributed by atoms with E-state index in [4.69, 9.17) is 5.11 Å². The molecule has 2 rings (SSSR count). The molecule has 2 N–H and O–H groups in total. The average molecular weight is 315 g/mol. The third-order valence-electron chi connectivity index (χ3n) is 3.32. The number of carbonyl (C=O) groups is 1. The summed E-state index contributed by atoms with van der Waals surface area (Å²) in [6, 6.07) is 1.65. The molecule has 1 aromatic heterocycles. The number of hydrogen-bond acceptors (Lipinski definition) is 6. The van der Waals surface area contributed by atoms with Crippen LogP contribution in [0.2, 0.25) is 0 Å². The smallest absolute Gasteiger partial charge is 0.363 e. The lowest BCUT2D eigenvalue weighted by Gasteiger charge is -2.12. The molecule has 0 saturated heterocycles. The Hall–Kier alpha value is -2.07. The molecular weight excluding hydrogens is 302 g/mol. The van der Waals surface area contributed by atoms with Gasteiger partial charge in [0.15, 0.2) is 6.20 Å². The van der Waals surface area contributed by atoms with E-state index in [-0.39, 0.29) is 11.3 Å². The van der Waals surface area contributed by atoms with E-state index >= 15 is 0 Å². The number of nitro groups is 1. The van der Waals surface area contributed by atoms with Gasteiger partial charge in [-0.25, -0.2) is 13.1 Å². The second kappa shape index (κ2) is 5.74. The number of nitrogens with zero attached hydrogens (tertiary/aromatic N) is 2. The maximum atomic E-state index is 12.1. The molecular formula is C11H13N3O6S. The fourth-order valence-corrected chi connectivity index (χ4v) is 3.47. The number of sulfonamides is 1. The number of aromatic nitrogens is 1. The Labute approximate surface area is 120 Å². The lowest BCUT2D eigenvalue weighted by Crippen LogP contribution is -2.33.